The fourth-order valence-electron chi connectivity index (χ4n) is 2.39. The highest BCUT2D eigenvalue weighted by Gasteiger charge is 2.16. The van der Waals surface area contributed by atoms with Crippen LogP contribution >= 0.6 is 0 Å². The zero-order valence-electron chi connectivity index (χ0n) is 14.9. The minimum absolute atomic E-state index is 0.191. The molecule has 6 heteroatoms. The molecule has 0 aliphatic carbocycles. The van der Waals surface area contributed by atoms with Gasteiger partial charge in [0.15, 0.2) is 0 Å². The van der Waals surface area contributed by atoms with Crippen LogP contribution in [0.5, 0.6) is 0 Å². The molecule has 4 N–H and O–H groups in total. The van der Waals surface area contributed by atoms with Crippen molar-refractivity contribution in [2.45, 2.75) is 32.0 Å². The maximum Gasteiger partial charge on any atom is 0.407 e. The third-order valence-electron chi connectivity index (χ3n) is 3.80. The van der Waals surface area contributed by atoms with Crippen LogP contribution in [-0.4, -0.2) is 30.6 Å². The normalized spacial score (nSPS) is 12.7. The summed E-state index contributed by atoms with van der Waals surface area (Å²) in [6.07, 6.45) is 0.0466. The van der Waals surface area contributed by atoms with Crippen molar-refractivity contribution in [1.82, 2.24) is 10.6 Å². The standard InChI is InChI=1S/C20H25N3O3/c1-15(21)19(24)22-13-18(12-16-8-4-2-5-9-16)23-20(25)26-14-17-10-6-3-7-11-17/h2-11,15,18H,12-14,21H2,1H3,(H,22,24)(H,23,25)/t15-,18-/m1/s1. The van der Waals surface area contributed by atoms with Gasteiger partial charge in [-0.25, -0.2) is 4.79 Å². The second-order valence-electron chi connectivity index (χ2n) is 6.13. The molecule has 0 saturated heterocycles. The van der Waals surface area contributed by atoms with E-state index >= 15 is 0 Å². The zero-order chi connectivity index (χ0) is 18.8. The molecule has 0 heterocycles. The Labute approximate surface area is 153 Å². The first kappa shape index (κ1) is 19.5. The summed E-state index contributed by atoms with van der Waals surface area (Å²) in [7, 11) is 0. The van der Waals surface area contributed by atoms with Crippen molar-refractivity contribution in [1.29, 1.82) is 0 Å². The lowest BCUT2D eigenvalue weighted by molar-refractivity contribution is -0.122. The van der Waals surface area contributed by atoms with Crippen LogP contribution in [0.15, 0.2) is 60.7 Å². The van der Waals surface area contributed by atoms with Gasteiger partial charge in [0.2, 0.25) is 5.91 Å². The minimum atomic E-state index is -0.600. The van der Waals surface area contributed by atoms with Crippen LogP contribution in [0.2, 0.25) is 0 Å². The number of carbonyl (C=O) groups excluding carboxylic acids is 2. The molecule has 0 bridgehead atoms. The van der Waals surface area contributed by atoms with Crippen LogP contribution in [0, 0.1) is 0 Å². The highest BCUT2D eigenvalue weighted by atomic mass is 16.5. The monoisotopic (exact) mass is 355 g/mol. The van der Waals surface area contributed by atoms with Crippen molar-refractivity contribution >= 4 is 12.0 Å². The van der Waals surface area contributed by atoms with Crippen molar-refractivity contribution in [3.8, 4) is 0 Å². The van der Waals surface area contributed by atoms with E-state index in [1.54, 1.807) is 6.92 Å². The molecule has 0 aliphatic heterocycles. The average Bonchev–Trinajstić information content (AvgIpc) is 2.65. The molecule has 2 aromatic rings. The van der Waals surface area contributed by atoms with Gasteiger partial charge in [-0.05, 0) is 24.5 Å². The molecule has 6 nitrogen and oxygen atoms in total. The molecule has 2 rings (SSSR count). The van der Waals surface area contributed by atoms with E-state index in [0.29, 0.717) is 6.42 Å². The number of nitrogens with two attached hydrogens (primary N) is 1. The summed E-state index contributed by atoms with van der Waals surface area (Å²) in [4.78, 5) is 23.8. The number of ether oxygens (including phenoxy) is 1. The largest absolute Gasteiger partial charge is 0.445 e. The van der Waals surface area contributed by atoms with Gasteiger partial charge in [0.1, 0.15) is 6.61 Å². The molecule has 0 radical (unpaired) electrons. The SMILES string of the molecule is C[C@@H](N)C(=O)NC[C@@H](Cc1ccccc1)NC(=O)OCc1ccccc1. The Hall–Kier alpha value is -2.86. The number of carbonyl (C=O) groups is 2. The molecule has 26 heavy (non-hydrogen) atoms. The molecular formula is C20H25N3O3. The maximum atomic E-state index is 12.1. The molecule has 0 aromatic heterocycles. The smallest absolute Gasteiger partial charge is 0.407 e. The van der Waals surface area contributed by atoms with Crippen LogP contribution in [0.1, 0.15) is 18.1 Å². The molecule has 2 atom stereocenters. The molecule has 0 aliphatic rings. The number of rotatable bonds is 8. The fourth-order valence-corrected chi connectivity index (χ4v) is 2.39. The first-order valence-electron chi connectivity index (χ1n) is 8.59. The summed E-state index contributed by atoms with van der Waals surface area (Å²) in [5.41, 5.74) is 7.53. The number of benzene rings is 2. The Balaban J connectivity index is 1.91. The molecule has 0 saturated carbocycles. The van der Waals surface area contributed by atoms with Gasteiger partial charge in [0.25, 0.3) is 0 Å². The van der Waals surface area contributed by atoms with Crippen molar-refractivity contribution in [3.05, 3.63) is 71.8 Å². The lowest BCUT2D eigenvalue weighted by atomic mass is 10.1. The first-order chi connectivity index (χ1) is 12.5. The maximum absolute atomic E-state index is 12.1. The van der Waals surface area contributed by atoms with E-state index in [-0.39, 0.29) is 25.1 Å². The van der Waals surface area contributed by atoms with Gasteiger partial charge >= 0.3 is 6.09 Å². The third kappa shape index (κ3) is 6.94. The van der Waals surface area contributed by atoms with E-state index in [0.717, 1.165) is 11.1 Å². The first-order valence-corrected chi connectivity index (χ1v) is 8.59. The van der Waals surface area contributed by atoms with Crippen LogP contribution in [0.4, 0.5) is 4.79 Å². The Morgan fingerprint density at radius 2 is 1.58 bits per heavy atom. The number of amides is 2. The summed E-state index contributed by atoms with van der Waals surface area (Å²) in [6.45, 7) is 2.08. The molecule has 2 amide bonds. The van der Waals surface area contributed by atoms with E-state index in [2.05, 4.69) is 10.6 Å². The Morgan fingerprint density at radius 3 is 2.15 bits per heavy atom. The van der Waals surface area contributed by atoms with Gasteiger partial charge in [0, 0.05) is 6.54 Å². The van der Waals surface area contributed by atoms with E-state index in [1.165, 1.54) is 0 Å². The highest BCUT2D eigenvalue weighted by Crippen LogP contribution is 2.05. The summed E-state index contributed by atoms with van der Waals surface area (Å²) < 4.78 is 5.26. The van der Waals surface area contributed by atoms with Crippen molar-refractivity contribution in [3.63, 3.8) is 0 Å². The van der Waals surface area contributed by atoms with Crippen molar-refractivity contribution in [2.24, 2.45) is 5.73 Å². The predicted molar refractivity (Wildman–Crippen MR) is 100 cm³/mol. The number of hydrogen-bond donors (Lipinski definition) is 3. The molecule has 0 fully saturated rings. The Morgan fingerprint density at radius 1 is 1.00 bits per heavy atom. The van der Waals surface area contributed by atoms with E-state index in [1.807, 2.05) is 60.7 Å². The third-order valence-corrected chi connectivity index (χ3v) is 3.80. The van der Waals surface area contributed by atoms with E-state index < -0.39 is 12.1 Å². The molecule has 138 valence electrons. The van der Waals surface area contributed by atoms with Gasteiger partial charge in [-0.3, -0.25) is 4.79 Å². The number of alkyl carbamates (subject to hydrolysis) is 1. The van der Waals surface area contributed by atoms with E-state index in [4.69, 9.17) is 10.5 Å². The van der Waals surface area contributed by atoms with Gasteiger partial charge in [-0.15, -0.1) is 0 Å². The number of hydrogen-bond acceptors (Lipinski definition) is 4. The Kier molecular flexibility index (Phi) is 7.64. The lowest BCUT2D eigenvalue weighted by Crippen LogP contribution is -2.48. The lowest BCUT2D eigenvalue weighted by Gasteiger charge is -2.20. The highest BCUT2D eigenvalue weighted by molar-refractivity contribution is 5.81. The molecular weight excluding hydrogens is 330 g/mol. The van der Waals surface area contributed by atoms with Crippen LogP contribution < -0.4 is 16.4 Å². The summed E-state index contributed by atoms with van der Waals surface area (Å²) in [6, 6.07) is 18.3. The van der Waals surface area contributed by atoms with Gasteiger partial charge in [-0.1, -0.05) is 60.7 Å². The van der Waals surface area contributed by atoms with Gasteiger partial charge in [-0.2, -0.15) is 0 Å². The summed E-state index contributed by atoms with van der Waals surface area (Å²) in [5.74, 6) is -0.262. The van der Waals surface area contributed by atoms with E-state index in [9.17, 15) is 9.59 Å². The Bertz CT molecular complexity index is 690. The molecule has 0 spiro atoms. The van der Waals surface area contributed by atoms with Crippen LogP contribution in [0.25, 0.3) is 0 Å². The molecule has 0 unspecified atom stereocenters. The topological polar surface area (TPSA) is 93.5 Å². The van der Waals surface area contributed by atoms with Crippen molar-refractivity contribution < 1.29 is 14.3 Å². The molecule has 2 aromatic carbocycles. The number of nitrogens with one attached hydrogen (secondary N) is 2. The second kappa shape index (κ2) is 10.2. The average molecular weight is 355 g/mol. The van der Waals surface area contributed by atoms with Gasteiger partial charge < -0.3 is 21.1 Å². The predicted octanol–water partition coefficient (Wildman–Crippen LogP) is 1.99. The zero-order valence-corrected chi connectivity index (χ0v) is 14.9. The summed E-state index contributed by atoms with van der Waals surface area (Å²) in [5, 5.41) is 5.56. The van der Waals surface area contributed by atoms with Crippen LogP contribution in [0.3, 0.4) is 0 Å². The summed E-state index contributed by atoms with van der Waals surface area (Å²) >= 11 is 0. The quantitative estimate of drug-likeness (QED) is 0.675. The van der Waals surface area contributed by atoms with Crippen molar-refractivity contribution in [2.75, 3.05) is 6.54 Å². The van der Waals surface area contributed by atoms with Crippen LogP contribution in [-0.2, 0) is 22.6 Å². The van der Waals surface area contributed by atoms with Gasteiger partial charge in [0.05, 0.1) is 12.1 Å². The fraction of sp³-hybridized carbons (Fsp3) is 0.300. The second-order valence-corrected chi connectivity index (χ2v) is 6.13. The minimum Gasteiger partial charge on any atom is -0.445 e.